The topological polar surface area (TPSA) is 46.5 Å². The SMILES string of the molecule is C=C[C@@H](O)OC(=O)CCc1ccc(F)cc1. The average Bonchev–Trinajstić information content (AvgIpc) is 2.28. The van der Waals surface area contributed by atoms with E-state index in [1.807, 2.05) is 0 Å². The molecular formula is C12H13FO3. The molecule has 1 aromatic carbocycles. The summed E-state index contributed by atoms with van der Waals surface area (Å²) in [5.41, 5.74) is 0.839. The van der Waals surface area contributed by atoms with E-state index in [1.54, 1.807) is 12.1 Å². The van der Waals surface area contributed by atoms with Gasteiger partial charge in [0.15, 0.2) is 0 Å². The first-order valence-electron chi connectivity index (χ1n) is 4.86. The molecule has 0 saturated carbocycles. The van der Waals surface area contributed by atoms with Gasteiger partial charge in [-0.05, 0) is 30.2 Å². The lowest BCUT2D eigenvalue weighted by atomic mass is 10.1. The highest BCUT2D eigenvalue weighted by atomic mass is 19.1. The van der Waals surface area contributed by atoms with Crippen molar-refractivity contribution >= 4 is 5.97 Å². The molecule has 1 N–H and O–H groups in total. The lowest BCUT2D eigenvalue weighted by Gasteiger charge is -2.07. The summed E-state index contributed by atoms with van der Waals surface area (Å²) in [6.07, 6.45) is 0.440. The molecule has 0 heterocycles. The first-order chi connectivity index (χ1) is 7.61. The number of esters is 1. The fraction of sp³-hybridized carbons (Fsp3) is 0.250. The Morgan fingerprint density at radius 1 is 1.50 bits per heavy atom. The maximum absolute atomic E-state index is 12.6. The highest BCUT2D eigenvalue weighted by Gasteiger charge is 2.07. The van der Waals surface area contributed by atoms with Crippen molar-refractivity contribution in [3.8, 4) is 0 Å². The molecule has 0 aliphatic carbocycles. The van der Waals surface area contributed by atoms with E-state index in [1.165, 1.54) is 12.1 Å². The van der Waals surface area contributed by atoms with Crippen LogP contribution >= 0.6 is 0 Å². The largest absolute Gasteiger partial charge is 0.432 e. The molecule has 0 saturated heterocycles. The Balaban J connectivity index is 2.37. The quantitative estimate of drug-likeness (QED) is 0.471. The number of aliphatic hydroxyl groups is 1. The van der Waals surface area contributed by atoms with Crippen LogP contribution in [0.2, 0.25) is 0 Å². The number of benzene rings is 1. The number of carbonyl (C=O) groups excluding carboxylic acids is 1. The van der Waals surface area contributed by atoms with Gasteiger partial charge in [-0.25, -0.2) is 4.39 Å². The fourth-order valence-corrected chi connectivity index (χ4v) is 1.14. The molecule has 3 nitrogen and oxygen atoms in total. The number of halogens is 1. The summed E-state index contributed by atoms with van der Waals surface area (Å²) >= 11 is 0. The molecule has 0 bridgehead atoms. The van der Waals surface area contributed by atoms with Crippen molar-refractivity contribution in [3.05, 3.63) is 48.3 Å². The Labute approximate surface area is 93.2 Å². The molecule has 0 aliphatic rings. The smallest absolute Gasteiger partial charge is 0.308 e. The molecule has 0 amide bonds. The molecule has 1 aromatic rings. The van der Waals surface area contributed by atoms with Crippen LogP contribution in [0.3, 0.4) is 0 Å². The minimum atomic E-state index is -1.26. The van der Waals surface area contributed by atoms with E-state index in [-0.39, 0.29) is 12.2 Å². The minimum absolute atomic E-state index is 0.135. The van der Waals surface area contributed by atoms with E-state index in [0.29, 0.717) is 6.42 Å². The summed E-state index contributed by atoms with van der Waals surface area (Å²) < 4.78 is 17.1. The zero-order valence-corrected chi connectivity index (χ0v) is 8.73. The number of hydrogen-bond donors (Lipinski definition) is 1. The molecule has 1 rings (SSSR count). The standard InChI is InChI=1S/C12H13FO3/c1-2-11(14)16-12(15)8-5-9-3-6-10(13)7-4-9/h2-4,6-7,11,14H,1,5,8H2/t11-/m0/s1. The van der Waals surface area contributed by atoms with E-state index >= 15 is 0 Å². The molecular weight excluding hydrogens is 211 g/mol. The third-order valence-corrected chi connectivity index (χ3v) is 1.98. The van der Waals surface area contributed by atoms with E-state index < -0.39 is 12.3 Å². The van der Waals surface area contributed by atoms with Gasteiger partial charge in [0.2, 0.25) is 6.29 Å². The van der Waals surface area contributed by atoms with Gasteiger partial charge in [-0.1, -0.05) is 18.7 Å². The van der Waals surface area contributed by atoms with E-state index in [0.717, 1.165) is 11.6 Å². The van der Waals surface area contributed by atoms with Gasteiger partial charge < -0.3 is 9.84 Å². The van der Waals surface area contributed by atoms with Crippen LogP contribution in [-0.4, -0.2) is 17.4 Å². The molecule has 0 unspecified atom stereocenters. The number of aliphatic hydroxyl groups excluding tert-OH is 1. The van der Waals surface area contributed by atoms with Crippen molar-refractivity contribution in [2.75, 3.05) is 0 Å². The fourth-order valence-electron chi connectivity index (χ4n) is 1.14. The Kier molecular flexibility index (Phi) is 4.66. The maximum Gasteiger partial charge on any atom is 0.308 e. The molecule has 4 heteroatoms. The highest BCUT2D eigenvalue weighted by molar-refractivity contribution is 5.69. The Bertz CT molecular complexity index is 359. The number of hydrogen-bond acceptors (Lipinski definition) is 3. The molecule has 0 aromatic heterocycles. The minimum Gasteiger partial charge on any atom is -0.432 e. The van der Waals surface area contributed by atoms with E-state index in [9.17, 15) is 9.18 Å². The lowest BCUT2D eigenvalue weighted by Crippen LogP contribution is -2.15. The van der Waals surface area contributed by atoms with Gasteiger partial charge in [-0.3, -0.25) is 4.79 Å². The zero-order valence-electron chi connectivity index (χ0n) is 8.73. The summed E-state index contributed by atoms with van der Waals surface area (Å²) in [6.45, 7) is 3.27. The number of rotatable bonds is 5. The maximum atomic E-state index is 12.6. The van der Waals surface area contributed by atoms with Crippen molar-refractivity contribution in [3.63, 3.8) is 0 Å². The molecule has 1 atom stereocenters. The summed E-state index contributed by atoms with van der Waals surface area (Å²) in [4.78, 5) is 11.1. The number of aryl methyl sites for hydroxylation is 1. The summed E-state index contributed by atoms with van der Waals surface area (Å²) in [5, 5.41) is 8.95. The van der Waals surface area contributed by atoms with Crippen LogP contribution in [0.25, 0.3) is 0 Å². The summed E-state index contributed by atoms with van der Waals surface area (Å²) in [6, 6.07) is 5.87. The van der Waals surface area contributed by atoms with Gasteiger partial charge in [0.1, 0.15) is 5.82 Å². The van der Waals surface area contributed by atoms with Crippen LogP contribution in [0.15, 0.2) is 36.9 Å². The third kappa shape index (κ3) is 4.23. The van der Waals surface area contributed by atoms with Crippen molar-refractivity contribution in [1.29, 1.82) is 0 Å². The van der Waals surface area contributed by atoms with Crippen LogP contribution < -0.4 is 0 Å². The van der Waals surface area contributed by atoms with Crippen LogP contribution in [0.5, 0.6) is 0 Å². The van der Waals surface area contributed by atoms with Gasteiger partial charge in [0.05, 0.1) is 0 Å². The van der Waals surface area contributed by atoms with Gasteiger partial charge in [-0.2, -0.15) is 0 Å². The zero-order chi connectivity index (χ0) is 12.0. The van der Waals surface area contributed by atoms with Gasteiger partial charge >= 0.3 is 5.97 Å². The van der Waals surface area contributed by atoms with E-state index in [2.05, 4.69) is 11.3 Å². The van der Waals surface area contributed by atoms with Crippen molar-refractivity contribution in [1.82, 2.24) is 0 Å². The van der Waals surface area contributed by atoms with Crippen LogP contribution in [0, 0.1) is 5.82 Å². The number of carbonyl (C=O) groups is 1. The molecule has 0 radical (unpaired) electrons. The van der Waals surface area contributed by atoms with E-state index in [4.69, 9.17) is 5.11 Å². The monoisotopic (exact) mass is 224 g/mol. The second-order valence-electron chi connectivity index (χ2n) is 3.24. The van der Waals surface area contributed by atoms with Crippen molar-refractivity contribution < 1.29 is 19.0 Å². The summed E-state index contributed by atoms with van der Waals surface area (Å²) in [7, 11) is 0. The van der Waals surface area contributed by atoms with Crippen LogP contribution in [0.4, 0.5) is 4.39 Å². The number of ether oxygens (including phenoxy) is 1. The molecule has 16 heavy (non-hydrogen) atoms. The Morgan fingerprint density at radius 3 is 2.69 bits per heavy atom. The Morgan fingerprint density at radius 2 is 2.12 bits per heavy atom. The first-order valence-corrected chi connectivity index (χ1v) is 4.86. The Hall–Kier alpha value is -1.68. The normalized spacial score (nSPS) is 11.9. The highest BCUT2D eigenvalue weighted by Crippen LogP contribution is 2.06. The second kappa shape index (κ2) is 6.02. The molecule has 0 aliphatic heterocycles. The third-order valence-electron chi connectivity index (χ3n) is 1.98. The van der Waals surface area contributed by atoms with Gasteiger partial charge in [0.25, 0.3) is 0 Å². The van der Waals surface area contributed by atoms with Crippen LogP contribution in [0.1, 0.15) is 12.0 Å². The molecule has 0 fully saturated rings. The predicted octanol–water partition coefficient (Wildman–Crippen LogP) is 1.81. The predicted molar refractivity (Wildman–Crippen MR) is 57.0 cm³/mol. The average molecular weight is 224 g/mol. The lowest BCUT2D eigenvalue weighted by molar-refractivity contribution is -0.160. The molecule has 0 spiro atoms. The van der Waals surface area contributed by atoms with Gasteiger partial charge in [-0.15, -0.1) is 0 Å². The second-order valence-corrected chi connectivity index (χ2v) is 3.24. The molecule has 86 valence electrons. The van der Waals surface area contributed by atoms with Gasteiger partial charge in [0, 0.05) is 6.42 Å². The van der Waals surface area contributed by atoms with Crippen LogP contribution in [-0.2, 0) is 16.0 Å². The van der Waals surface area contributed by atoms with Crippen molar-refractivity contribution in [2.24, 2.45) is 0 Å². The summed E-state index contributed by atoms with van der Waals surface area (Å²) in [5.74, 6) is -0.829. The van der Waals surface area contributed by atoms with Crippen molar-refractivity contribution in [2.45, 2.75) is 19.1 Å². The first kappa shape index (κ1) is 12.4.